The molecule has 1 aromatic rings. The number of likely N-dealkylation sites (tertiary alicyclic amines) is 1. The molecule has 1 aliphatic carbocycles. The first-order valence-corrected chi connectivity index (χ1v) is 11.0. The Morgan fingerprint density at radius 2 is 1.89 bits per heavy atom. The van der Waals surface area contributed by atoms with Crippen molar-refractivity contribution >= 4 is 23.2 Å². The first-order valence-electron chi connectivity index (χ1n) is 9.85. The summed E-state index contributed by atoms with van der Waals surface area (Å²) in [7, 11) is 0. The van der Waals surface area contributed by atoms with Crippen molar-refractivity contribution in [2.75, 3.05) is 13.1 Å². The van der Waals surface area contributed by atoms with Gasteiger partial charge in [-0.05, 0) is 66.0 Å². The zero-order valence-electron chi connectivity index (χ0n) is 17.7. The van der Waals surface area contributed by atoms with Gasteiger partial charge in [-0.1, -0.05) is 10.5 Å². The Morgan fingerprint density at radius 1 is 1.25 bits per heavy atom. The normalized spacial score (nSPS) is 21.7. The molecule has 0 saturated carbocycles. The van der Waals surface area contributed by atoms with Gasteiger partial charge in [0.2, 0.25) is 0 Å². The van der Waals surface area contributed by atoms with Gasteiger partial charge in [-0.25, -0.2) is 4.79 Å². The fraction of sp³-hybridized carbons (Fsp3) is 0.667. The van der Waals surface area contributed by atoms with Gasteiger partial charge in [-0.15, -0.1) is 0 Å². The molecule has 1 amide bonds. The Kier molecular flexibility index (Phi) is 5.53. The standard InChI is InChI=1S/C21H31N3O3S/c1-19(2,3)27-18(25)24-12-9-21(10-13-24)16(23-28(26)20(4,5)6)14-15-8-7-11-22-17(15)21/h7-8,11H,9-10,12-14H2,1-6H3/b23-16-/t28-/m1/s1. The Hall–Kier alpha value is -1.60. The summed E-state index contributed by atoms with van der Waals surface area (Å²) in [5, 5.41) is 0. The largest absolute Gasteiger partial charge is 0.591 e. The number of nitrogens with zero attached hydrogens (tertiary/aromatic N) is 3. The number of piperidine rings is 1. The van der Waals surface area contributed by atoms with E-state index < -0.39 is 21.7 Å². The van der Waals surface area contributed by atoms with Gasteiger partial charge < -0.3 is 14.2 Å². The van der Waals surface area contributed by atoms with Gasteiger partial charge in [0.1, 0.15) is 21.7 Å². The molecule has 1 aliphatic heterocycles. The number of rotatable bonds is 1. The van der Waals surface area contributed by atoms with Crippen LogP contribution in [0.3, 0.4) is 0 Å². The summed E-state index contributed by atoms with van der Waals surface area (Å²) in [4.78, 5) is 18.9. The molecule has 0 bridgehead atoms. The van der Waals surface area contributed by atoms with Crippen LogP contribution in [-0.4, -0.2) is 49.7 Å². The Labute approximate surface area is 171 Å². The maximum absolute atomic E-state index is 12.7. The van der Waals surface area contributed by atoms with Crippen LogP contribution in [0.2, 0.25) is 0 Å². The minimum absolute atomic E-state index is 0.279. The van der Waals surface area contributed by atoms with Gasteiger partial charge in [0, 0.05) is 25.7 Å². The highest BCUT2D eigenvalue weighted by atomic mass is 32.2. The van der Waals surface area contributed by atoms with E-state index in [1.165, 1.54) is 0 Å². The maximum atomic E-state index is 12.7. The molecule has 154 valence electrons. The number of ether oxygens (including phenoxy) is 1. The molecule has 1 spiro atoms. The summed E-state index contributed by atoms with van der Waals surface area (Å²) in [6.07, 6.45) is 3.65. The summed E-state index contributed by atoms with van der Waals surface area (Å²) in [5.41, 5.74) is 2.28. The van der Waals surface area contributed by atoms with E-state index in [4.69, 9.17) is 4.74 Å². The third-order valence-electron chi connectivity index (χ3n) is 5.24. The first kappa shape index (κ1) is 21.1. The van der Waals surface area contributed by atoms with E-state index in [1.54, 1.807) is 4.90 Å². The number of pyridine rings is 1. The van der Waals surface area contributed by atoms with Crippen LogP contribution in [0.4, 0.5) is 4.79 Å². The highest BCUT2D eigenvalue weighted by molar-refractivity contribution is 7.91. The quantitative estimate of drug-likeness (QED) is 0.666. The van der Waals surface area contributed by atoms with Gasteiger partial charge in [0.15, 0.2) is 0 Å². The fourth-order valence-corrected chi connectivity index (χ4v) is 4.49. The average molecular weight is 406 g/mol. The molecule has 2 heterocycles. The smallest absolute Gasteiger partial charge is 0.410 e. The van der Waals surface area contributed by atoms with Crippen molar-refractivity contribution in [3.8, 4) is 0 Å². The van der Waals surface area contributed by atoms with Gasteiger partial charge in [0.25, 0.3) is 0 Å². The highest BCUT2D eigenvalue weighted by Gasteiger charge is 2.50. The van der Waals surface area contributed by atoms with Crippen molar-refractivity contribution in [1.82, 2.24) is 9.88 Å². The van der Waals surface area contributed by atoms with Gasteiger partial charge >= 0.3 is 6.09 Å². The van der Waals surface area contributed by atoms with Gasteiger partial charge in [-0.3, -0.25) is 4.98 Å². The van der Waals surface area contributed by atoms with Crippen molar-refractivity contribution in [1.29, 1.82) is 0 Å². The zero-order chi connectivity index (χ0) is 20.7. The van der Waals surface area contributed by atoms with Gasteiger partial charge in [-0.2, -0.15) is 0 Å². The maximum Gasteiger partial charge on any atom is 0.410 e. The van der Waals surface area contributed by atoms with E-state index in [2.05, 4.69) is 15.4 Å². The molecular weight excluding hydrogens is 374 g/mol. The molecular formula is C21H31N3O3S. The summed E-state index contributed by atoms with van der Waals surface area (Å²) < 4.78 is 22.5. The number of carbonyl (C=O) groups excluding carboxylic acids is 1. The lowest BCUT2D eigenvalue weighted by Gasteiger charge is -2.39. The molecule has 1 atom stereocenters. The number of fused-ring (bicyclic) bond motifs is 2. The van der Waals surface area contributed by atoms with E-state index in [9.17, 15) is 9.35 Å². The van der Waals surface area contributed by atoms with Crippen molar-refractivity contribution in [2.45, 2.75) is 76.6 Å². The summed E-state index contributed by atoms with van der Waals surface area (Å²) >= 11 is -1.32. The lowest BCUT2D eigenvalue weighted by atomic mass is 9.75. The molecule has 6 nitrogen and oxygen atoms in total. The monoisotopic (exact) mass is 405 g/mol. The van der Waals surface area contributed by atoms with E-state index in [0.717, 1.165) is 29.8 Å². The molecule has 7 heteroatoms. The van der Waals surface area contributed by atoms with Crippen LogP contribution in [-0.2, 0) is 27.9 Å². The Balaban J connectivity index is 1.87. The fourth-order valence-electron chi connectivity index (χ4n) is 3.78. The lowest BCUT2D eigenvalue weighted by Crippen LogP contribution is -2.49. The van der Waals surface area contributed by atoms with E-state index in [0.29, 0.717) is 19.5 Å². The van der Waals surface area contributed by atoms with E-state index in [-0.39, 0.29) is 11.5 Å². The SMILES string of the molecule is CC(C)(C)OC(=O)N1CCC2(CC1)/C(=N\[S@+]([O-])C(C)(C)C)Cc1cccnc12. The summed E-state index contributed by atoms with van der Waals surface area (Å²) in [5.74, 6) is 0. The second-order valence-electron chi connectivity index (χ2n) is 9.64. The molecule has 0 aromatic carbocycles. The second-order valence-corrected chi connectivity index (χ2v) is 11.5. The Morgan fingerprint density at radius 3 is 2.46 bits per heavy atom. The van der Waals surface area contributed by atoms with Crippen LogP contribution in [0.25, 0.3) is 0 Å². The highest BCUT2D eigenvalue weighted by Crippen LogP contribution is 2.44. The number of hydrogen-bond acceptors (Lipinski definition) is 5. The third-order valence-corrected chi connectivity index (χ3v) is 6.67. The third kappa shape index (κ3) is 4.20. The molecule has 0 radical (unpaired) electrons. The lowest BCUT2D eigenvalue weighted by molar-refractivity contribution is 0.0189. The van der Waals surface area contributed by atoms with Crippen LogP contribution in [0.5, 0.6) is 0 Å². The number of aromatic nitrogens is 1. The second kappa shape index (κ2) is 7.34. The minimum atomic E-state index is -1.32. The van der Waals surface area contributed by atoms with E-state index in [1.807, 2.05) is 53.8 Å². The molecule has 0 unspecified atom stereocenters. The van der Waals surface area contributed by atoms with Crippen molar-refractivity contribution in [3.63, 3.8) is 0 Å². The van der Waals surface area contributed by atoms with Crippen LogP contribution in [0.1, 0.15) is 65.6 Å². The molecule has 28 heavy (non-hydrogen) atoms. The van der Waals surface area contributed by atoms with E-state index >= 15 is 0 Å². The van der Waals surface area contributed by atoms with Crippen molar-refractivity contribution in [3.05, 3.63) is 29.6 Å². The molecule has 3 rings (SSSR count). The predicted octanol–water partition coefficient (Wildman–Crippen LogP) is 3.81. The molecule has 1 aromatic heterocycles. The number of amides is 1. The summed E-state index contributed by atoms with van der Waals surface area (Å²) in [6.45, 7) is 12.6. The van der Waals surface area contributed by atoms with Crippen LogP contribution in [0.15, 0.2) is 22.7 Å². The summed E-state index contributed by atoms with van der Waals surface area (Å²) in [6, 6.07) is 4.01. The zero-order valence-corrected chi connectivity index (χ0v) is 18.6. The molecule has 1 fully saturated rings. The van der Waals surface area contributed by atoms with Crippen molar-refractivity contribution < 1.29 is 14.1 Å². The molecule has 1 saturated heterocycles. The molecule has 2 aliphatic rings. The van der Waals surface area contributed by atoms with Crippen molar-refractivity contribution in [2.24, 2.45) is 4.40 Å². The average Bonchev–Trinajstić information content (AvgIpc) is 2.87. The predicted molar refractivity (Wildman–Crippen MR) is 112 cm³/mol. The van der Waals surface area contributed by atoms with Gasteiger partial charge in [0.05, 0.1) is 16.8 Å². The first-order chi connectivity index (χ1) is 12.9. The van der Waals surface area contributed by atoms with Crippen LogP contribution in [0, 0.1) is 0 Å². The Bertz CT molecular complexity index is 772. The number of carbonyl (C=O) groups is 1. The topological polar surface area (TPSA) is 77.8 Å². The minimum Gasteiger partial charge on any atom is -0.591 e. The molecule has 0 N–H and O–H groups in total. The number of hydrogen-bond donors (Lipinski definition) is 0. The van der Waals surface area contributed by atoms with Crippen LogP contribution >= 0.6 is 0 Å². The van der Waals surface area contributed by atoms with Crippen LogP contribution < -0.4 is 0 Å².